The molecule has 1 aromatic carbocycles. The van der Waals surface area contributed by atoms with Crippen LogP contribution in [0, 0.1) is 5.92 Å². The fraction of sp³-hybridized carbons (Fsp3) is 0.588. The second kappa shape index (κ2) is 8.39. The van der Waals surface area contributed by atoms with Crippen LogP contribution in [0.1, 0.15) is 25.7 Å². The summed E-state index contributed by atoms with van der Waals surface area (Å²) in [5.41, 5.74) is 1.26. The first kappa shape index (κ1) is 17.1. The fourth-order valence-electron chi connectivity index (χ4n) is 3.37. The van der Waals surface area contributed by atoms with E-state index in [2.05, 4.69) is 39.8 Å². The molecular formula is C17H26ClN3O. The SMILES string of the molecule is Cl.O=C(NC1CCCN(c2ccccc2)C1)C1CCNCC1. The van der Waals surface area contributed by atoms with Crippen LogP contribution in [0.3, 0.4) is 0 Å². The summed E-state index contributed by atoms with van der Waals surface area (Å²) in [5, 5.41) is 6.59. The third kappa shape index (κ3) is 4.37. The van der Waals surface area contributed by atoms with Crippen LogP contribution in [0.2, 0.25) is 0 Å². The molecular weight excluding hydrogens is 298 g/mol. The summed E-state index contributed by atoms with van der Waals surface area (Å²) < 4.78 is 0. The molecule has 122 valence electrons. The maximum Gasteiger partial charge on any atom is 0.223 e. The average Bonchev–Trinajstić information content (AvgIpc) is 2.57. The molecule has 0 spiro atoms. The molecule has 1 aromatic rings. The van der Waals surface area contributed by atoms with E-state index in [1.54, 1.807) is 0 Å². The molecule has 2 aliphatic rings. The molecule has 0 radical (unpaired) electrons. The van der Waals surface area contributed by atoms with E-state index >= 15 is 0 Å². The predicted octanol–water partition coefficient (Wildman–Crippen LogP) is 2.19. The van der Waals surface area contributed by atoms with Crippen molar-refractivity contribution in [3.63, 3.8) is 0 Å². The second-order valence-electron chi connectivity index (χ2n) is 6.15. The molecule has 1 unspecified atom stereocenters. The van der Waals surface area contributed by atoms with E-state index in [4.69, 9.17) is 0 Å². The molecule has 1 atom stereocenters. The lowest BCUT2D eigenvalue weighted by Crippen LogP contribution is -2.50. The van der Waals surface area contributed by atoms with Gasteiger partial charge >= 0.3 is 0 Å². The number of benzene rings is 1. The van der Waals surface area contributed by atoms with Crippen LogP contribution in [0.5, 0.6) is 0 Å². The Kier molecular flexibility index (Phi) is 6.52. The number of piperidine rings is 2. The number of carbonyl (C=O) groups is 1. The number of para-hydroxylation sites is 1. The van der Waals surface area contributed by atoms with Crippen molar-refractivity contribution in [3.8, 4) is 0 Å². The van der Waals surface area contributed by atoms with Gasteiger partial charge in [0.25, 0.3) is 0 Å². The van der Waals surface area contributed by atoms with Crippen LogP contribution >= 0.6 is 12.4 Å². The first-order valence-corrected chi connectivity index (χ1v) is 8.14. The molecule has 2 saturated heterocycles. The Morgan fingerprint density at radius 1 is 1.14 bits per heavy atom. The molecule has 22 heavy (non-hydrogen) atoms. The van der Waals surface area contributed by atoms with Gasteiger partial charge in [-0.3, -0.25) is 4.79 Å². The summed E-state index contributed by atoms with van der Waals surface area (Å²) in [6.45, 7) is 3.96. The Balaban J connectivity index is 0.00000176. The zero-order valence-corrected chi connectivity index (χ0v) is 13.8. The van der Waals surface area contributed by atoms with Crippen LogP contribution in [0.15, 0.2) is 30.3 Å². The van der Waals surface area contributed by atoms with Crippen LogP contribution < -0.4 is 15.5 Å². The summed E-state index contributed by atoms with van der Waals surface area (Å²) in [5.74, 6) is 0.467. The highest BCUT2D eigenvalue weighted by Crippen LogP contribution is 2.20. The molecule has 1 amide bonds. The largest absolute Gasteiger partial charge is 0.369 e. The summed E-state index contributed by atoms with van der Waals surface area (Å²) in [7, 11) is 0. The van der Waals surface area contributed by atoms with Crippen molar-refractivity contribution in [2.45, 2.75) is 31.7 Å². The van der Waals surface area contributed by atoms with Gasteiger partial charge in [-0.05, 0) is 50.9 Å². The van der Waals surface area contributed by atoms with Crippen LogP contribution in [0.4, 0.5) is 5.69 Å². The van der Waals surface area contributed by atoms with Gasteiger partial charge in [0, 0.05) is 30.7 Å². The Morgan fingerprint density at radius 3 is 2.59 bits per heavy atom. The van der Waals surface area contributed by atoms with Gasteiger partial charge in [-0.2, -0.15) is 0 Å². The molecule has 4 nitrogen and oxygen atoms in total. The lowest BCUT2D eigenvalue weighted by molar-refractivity contribution is -0.126. The van der Waals surface area contributed by atoms with Gasteiger partial charge in [-0.15, -0.1) is 12.4 Å². The normalized spacial score (nSPS) is 22.7. The number of carbonyl (C=O) groups excluding carboxylic acids is 1. The van der Waals surface area contributed by atoms with Gasteiger partial charge in [0.2, 0.25) is 5.91 Å². The molecule has 0 aliphatic carbocycles. The van der Waals surface area contributed by atoms with Crippen molar-refractivity contribution >= 4 is 24.0 Å². The number of hydrogen-bond acceptors (Lipinski definition) is 3. The quantitative estimate of drug-likeness (QED) is 0.896. The topological polar surface area (TPSA) is 44.4 Å². The van der Waals surface area contributed by atoms with E-state index in [-0.39, 0.29) is 24.2 Å². The third-order valence-corrected chi connectivity index (χ3v) is 4.60. The minimum Gasteiger partial charge on any atom is -0.369 e. The highest BCUT2D eigenvalue weighted by atomic mass is 35.5. The van der Waals surface area contributed by atoms with E-state index in [0.717, 1.165) is 51.9 Å². The predicted molar refractivity (Wildman–Crippen MR) is 92.7 cm³/mol. The van der Waals surface area contributed by atoms with E-state index in [0.29, 0.717) is 6.04 Å². The molecule has 2 fully saturated rings. The molecule has 5 heteroatoms. The highest BCUT2D eigenvalue weighted by molar-refractivity contribution is 5.85. The number of halogens is 1. The maximum absolute atomic E-state index is 12.4. The van der Waals surface area contributed by atoms with Crippen molar-refractivity contribution in [1.82, 2.24) is 10.6 Å². The maximum atomic E-state index is 12.4. The van der Waals surface area contributed by atoms with Crippen molar-refractivity contribution in [3.05, 3.63) is 30.3 Å². The third-order valence-electron chi connectivity index (χ3n) is 4.60. The van der Waals surface area contributed by atoms with Crippen molar-refractivity contribution < 1.29 is 4.79 Å². The zero-order chi connectivity index (χ0) is 14.5. The van der Waals surface area contributed by atoms with Gasteiger partial charge in [0.15, 0.2) is 0 Å². The lowest BCUT2D eigenvalue weighted by Gasteiger charge is -2.35. The first-order valence-electron chi connectivity index (χ1n) is 8.14. The number of nitrogens with zero attached hydrogens (tertiary/aromatic N) is 1. The van der Waals surface area contributed by atoms with Crippen molar-refractivity contribution in [2.24, 2.45) is 5.92 Å². The highest BCUT2D eigenvalue weighted by Gasteiger charge is 2.26. The Hall–Kier alpha value is -1.26. The summed E-state index contributed by atoms with van der Waals surface area (Å²) >= 11 is 0. The summed E-state index contributed by atoms with van der Waals surface area (Å²) in [4.78, 5) is 14.7. The zero-order valence-electron chi connectivity index (χ0n) is 13.0. The minimum absolute atomic E-state index is 0. The number of hydrogen-bond donors (Lipinski definition) is 2. The fourth-order valence-corrected chi connectivity index (χ4v) is 3.37. The van der Waals surface area contributed by atoms with Crippen LogP contribution in [0.25, 0.3) is 0 Å². The molecule has 0 bridgehead atoms. The van der Waals surface area contributed by atoms with Gasteiger partial charge in [0.1, 0.15) is 0 Å². The molecule has 2 aliphatic heterocycles. The van der Waals surface area contributed by atoms with E-state index < -0.39 is 0 Å². The van der Waals surface area contributed by atoms with E-state index in [1.807, 2.05) is 6.07 Å². The van der Waals surface area contributed by atoms with Gasteiger partial charge in [-0.25, -0.2) is 0 Å². The van der Waals surface area contributed by atoms with Gasteiger partial charge in [-0.1, -0.05) is 18.2 Å². The van der Waals surface area contributed by atoms with E-state index in [1.165, 1.54) is 5.69 Å². The lowest BCUT2D eigenvalue weighted by atomic mass is 9.96. The van der Waals surface area contributed by atoms with Gasteiger partial charge < -0.3 is 15.5 Å². The molecule has 3 rings (SSSR count). The smallest absolute Gasteiger partial charge is 0.223 e. The molecule has 0 aromatic heterocycles. The van der Waals surface area contributed by atoms with Crippen LogP contribution in [-0.4, -0.2) is 38.1 Å². The second-order valence-corrected chi connectivity index (χ2v) is 6.15. The molecule has 2 heterocycles. The van der Waals surface area contributed by atoms with Crippen molar-refractivity contribution in [1.29, 1.82) is 0 Å². The average molecular weight is 324 g/mol. The molecule has 0 saturated carbocycles. The van der Waals surface area contributed by atoms with E-state index in [9.17, 15) is 4.79 Å². The number of amides is 1. The summed E-state index contributed by atoms with van der Waals surface area (Å²) in [6, 6.07) is 10.8. The van der Waals surface area contributed by atoms with Crippen molar-refractivity contribution in [2.75, 3.05) is 31.1 Å². The first-order chi connectivity index (χ1) is 10.3. The van der Waals surface area contributed by atoms with Gasteiger partial charge in [0.05, 0.1) is 0 Å². The standard InChI is InChI=1S/C17H25N3O.ClH/c21-17(14-8-10-18-11-9-14)19-15-5-4-12-20(13-15)16-6-2-1-3-7-16;/h1-3,6-7,14-15,18H,4-5,8-13H2,(H,19,21);1H. The molecule has 2 N–H and O–H groups in total. The Bertz CT molecular complexity index is 462. The number of anilines is 1. The number of rotatable bonds is 3. The Labute approximate surface area is 139 Å². The Morgan fingerprint density at radius 2 is 1.86 bits per heavy atom. The minimum atomic E-state index is 0. The summed E-state index contributed by atoms with van der Waals surface area (Å²) in [6.07, 6.45) is 4.19. The number of nitrogens with one attached hydrogen (secondary N) is 2. The van der Waals surface area contributed by atoms with Crippen LogP contribution in [-0.2, 0) is 4.79 Å². The monoisotopic (exact) mass is 323 g/mol.